The smallest absolute Gasteiger partial charge is 0.233 e. The Morgan fingerprint density at radius 1 is 1.41 bits per heavy atom. The van der Waals surface area contributed by atoms with E-state index in [2.05, 4.69) is 17.6 Å². The van der Waals surface area contributed by atoms with Gasteiger partial charge in [-0.1, -0.05) is 30.0 Å². The van der Waals surface area contributed by atoms with Gasteiger partial charge >= 0.3 is 0 Å². The number of amidine groups is 1. The SMILES string of the molecule is CCN(C(=O)CSC1=Nc2ccccc2[C@@H]2C=CNN12)[C@@H]1CCS(=O)(=O)C1. The molecule has 9 heteroatoms. The van der Waals surface area contributed by atoms with E-state index in [1.54, 1.807) is 4.90 Å². The highest BCUT2D eigenvalue weighted by atomic mass is 32.2. The summed E-state index contributed by atoms with van der Waals surface area (Å²) in [7, 11) is -3.02. The van der Waals surface area contributed by atoms with Crippen LogP contribution in [0.1, 0.15) is 24.9 Å². The summed E-state index contributed by atoms with van der Waals surface area (Å²) in [4.78, 5) is 19.2. The maximum absolute atomic E-state index is 12.8. The Morgan fingerprint density at radius 2 is 2.22 bits per heavy atom. The molecule has 1 fully saturated rings. The van der Waals surface area contributed by atoms with E-state index in [9.17, 15) is 13.2 Å². The van der Waals surface area contributed by atoms with Crippen LogP contribution in [0.5, 0.6) is 0 Å². The minimum atomic E-state index is -3.02. The van der Waals surface area contributed by atoms with Gasteiger partial charge in [0.2, 0.25) is 5.91 Å². The van der Waals surface area contributed by atoms with Crippen molar-refractivity contribution in [3.8, 4) is 0 Å². The number of benzene rings is 1. The second kappa shape index (κ2) is 7.20. The van der Waals surface area contributed by atoms with Crippen LogP contribution >= 0.6 is 11.8 Å². The normalized spacial score (nSPS) is 24.8. The third-order valence-electron chi connectivity index (χ3n) is 5.08. The highest BCUT2D eigenvalue weighted by molar-refractivity contribution is 8.14. The predicted octanol–water partition coefficient (Wildman–Crippen LogP) is 1.83. The average molecular weight is 407 g/mol. The summed E-state index contributed by atoms with van der Waals surface area (Å²) in [5, 5.41) is 2.70. The molecule has 2 atom stereocenters. The number of nitrogens with one attached hydrogen (secondary N) is 1. The number of aliphatic imine (C=N–C) groups is 1. The van der Waals surface area contributed by atoms with E-state index < -0.39 is 9.84 Å². The number of carbonyl (C=O) groups is 1. The maximum Gasteiger partial charge on any atom is 0.233 e. The van der Waals surface area contributed by atoms with Crippen LogP contribution < -0.4 is 5.43 Å². The number of amides is 1. The molecule has 0 saturated carbocycles. The first-order chi connectivity index (χ1) is 13.0. The number of thioether (sulfide) groups is 1. The molecule has 144 valence electrons. The fourth-order valence-corrected chi connectivity index (χ4v) is 6.38. The highest BCUT2D eigenvalue weighted by Crippen LogP contribution is 2.38. The number of nitrogens with zero attached hydrogens (tertiary/aromatic N) is 3. The lowest BCUT2D eigenvalue weighted by molar-refractivity contribution is -0.129. The quantitative estimate of drug-likeness (QED) is 0.822. The summed E-state index contributed by atoms with van der Waals surface area (Å²) in [5.41, 5.74) is 5.22. The van der Waals surface area contributed by atoms with Gasteiger partial charge in [0.05, 0.1) is 29.0 Å². The summed E-state index contributed by atoms with van der Waals surface area (Å²) < 4.78 is 23.5. The topological polar surface area (TPSA) is 82.1 Å². The minimum Gasteiger partial charge on any atom is -0.338 e. The lowest BCUT2D eigenvalue weighted by Crippen LogP contribution is -2.43. The van der Waals surface area contributed by atoms with E-state index in [0.29, 0.717) is 13.0 Å². The summed E-state index contributed by atoms with van der Waals surface area (Å²) in [5.74, 6) is 0.430. The Hall–Kier alpha value is -2.00. The zero-order valence-corrected chi connectivity index (χ0v) is 16.7. The third kappa shape index (κ3) is 3.58. The Kier molecular flexibility index (Phi) is 4.90. The van der Waals surface area contributed by atoms with Crippen molar-refractivity contribution in [1.82, 2.24) is 15.3 Å². The van der Waals surface area contributed by atoms with Crippen molar-refractivity contribution >= 4 is 38.4 Å². The van der Waals surface area contributed by atoms with E-state index >= 15 is 0 Å². The van der Waals surface area contributed by atoms with Crippen molar-refractivity contribution in [1.29, 1.82) is 0 Å². The Labute approximate surface area is 163 Å². The van der Waals surface area contributed by atoms with E-state index in [-0.39, 0.29) is 35.2 Å². The second-order valence-electron chi connectivity index (χ2n) is 6.78. The molecule has 0 aliphatic carbocycles. The predicted molar refractivity (Wildman–Crippen MR) is 107 cm³/mol. The van der Waals surface area contributed by atoms with Gasteiger partial charge in [-0.2, -0.15) is 0 Å². The molecule has 0 aromatic heterocycles. The number of para-hydroxylation sites is 1. The number of hydrogen-bond acceptors (Lipinski definition) is 7. The zero-order valence-electron chi connectivity index (χ0n) is 15.0. The van der Waals surface area contributed by atoms with Gasteiger partial charge in [0.15, 0.2) is 15.0 Å². The van der Waals surface area contributed by atoms with Crippen molar-refractivity contribution < 1.29 is 13.2 Å². The molecule has 3 aliphatic rings. The van der Waals surface area contributed by atoms with Crippen molar-refractivity contribution in [3.63, 3.8) is 0 Å². The van der Waals surface area contributed by atoms with Crippen LogP contribution in [-0.2, 0) is 14.6 Å². The number of rotatable bonds is 4. The van der Waals surface area contributed by atoms with Gasteiger partial charge in [-0.25, -0.2) is 13.4 Å². The molecular weight excluding hydrogens is 384 g/mol. The molecule has 1 N–H and O–H groups in total. The summed E-state index contributed by atoms with van der Waals surface area (Å²) >= 11 is 1.38. The largest absolute Gasteiger partial charge is 0.338 e. The molecular formula is C18H22N4O3S2. The molecule has 7 nitrogen and oxygen atoms in total. The van der Waals surface area contributed by atoms with Crippen LogP contribution in [-0.4, -0.2) is 59.2 Å². The van der Waals surface area contributed by atoms with Crippen LogP contribution in [0.15, 0.2) is 41.5 Å². The monoisotopic (exact) mass is 406 g/mol. The minimum absolute atomic E-state index is 0.0464. The highest BCUT2D eigenvalue weighted by Gasteiger charge is 2.35. The van der Waals surface area contributed by atoms with E-state index in [1.165, 1.54) is 11.8 Å². The number of sulfone groups is 1. The summed E-state index contributed by atoms with van der Waals surface area (Å²) in [6.45, 7) is 2.41. The zero-order chi connectivity index (χ0) is 19.0. The van der Waals surface area contributed by atoms with Crippen molar-refractivity contribution in [2.24, 2.45) is 4.99 Å². The first-order valence-corrected chi connectivity index (χ1v) is 11.8. The first kappa shape index (κ1) is 18.4. The summed E-state index contributed by atoms with van der Waals surface area (Å²) in [6.07, 6.45) is 4.48. The fourth-order valence-electron chi connectivity index (χ4n) is 3.76. The van der Waals surface area contributed by atoms with Gasteiger partial charge in [0.25, 0.3) is 0 Å². The molecule has 3 aliphatic heterocycles. The first-order valence-electron chi connectivity index (χ1n) is 9.01. The van der Waals surface area contributed by atoms with Crippen LogP contribution in [0.2, 0.25) is 0 Å². The standard InChI is InChI=1S/C18H22N4O3S2/c1-2-21(13-8-10-27(24,25)12-13)17(23)11-26-18-20-15-6-4-3-5-14(15)16-7-9-19-22(16)18/h3-7,9,13,16,19H,2,8,10-12H2,1H3/t13-,16+/m1/s1. The third-order valence-corrected chi connectivity index (χ3v) is 7.77. The van der Waals surface area contributed by atoms with Gasteiger partial charge < -0.3 is 10.3 Å². The Morgan fingerprint density at radius 3 is 2.96 bits per heavy atom. The molecule has 27 heavy (non-hydrogen) atoms. The number of hydrazine groups is 1. The molecule has 3 heterocycles. The van der Waals surface area contributed by atoms with Crippen molar-refractivity contribution in [2.75, 3.05) is 23.8 Å². The van der Waals surface area contributed by atoms with Crippen LogP contribution in [0.25, 0.3) is 0 Å². The fraction of sp³-hybridized carbons (Fsp3) is 0.444. The van der Waals surface area contributed by atoms with E-state index in [0.717, 1.165) is 16.4 Å². The summed E-state index contributed by atoms with van der Waals surface area (Å²) in [6, 6.07) is 7.84. The average Bonchev–Trinajstić information content (AvgIpc) is 3.27. The molecule has 0 spiro atoms. The molecule has 4 rings (SSSR count). The molecule has 1 aromatic rings. The van der Waals surface area contributed by atoms with Crippen LogP contribution in [0, 0.1) is 0 Å². The van der Waals surface area contributed by atoms with Crippen LogP contribution in [0.4, 0.5) is 5.69 Å². The van der Waals surface area contributed by atoms with E-state index in [4.69, 9.17) is 4.99 Å². The lowest BCUT2D eigenvalue weighted by Gasteiger charge is -2.32. The van der Waals surface area contributed by atoms with Crippen molar-refractivity contribution in [2.45, 2.75) is 25.4 Å². The number of fused-ring (bicyclic) bond motifs is 3. The number of hydrogen-bond donors (Lipinski definition) is 1. The second-order valence-corrected chi connectivity index (χ2v) is 9.95. The molecule has 0 bridgehead atoms. The van der Waals surface area contributed by atoms with Gasteiger partial charge in [-0.3, -0.25) is 9.80 Å². The molecule has 1 saturated heterocycles. The Bertz CT molecular complexity index is 913. The Balaban J connectivity index is 1.46. The van der Waals surface area contributed by atoms with Gasteiger partial charge in [-0.15, -0.1) is 0 Å². The molecule has 1 amide bonds. The van der Waals surface area contributed by atoms with Gasteiger partial charge in [0.1, 0.15) is 0 Å². The van der Waals surface area contributed by atoms with E-state index in [1.807, 2.05) is 36.3 Å². The lowest BCUT2D eigenvalue weighted by atomic mass is 10.0. The molecule has 0 unspecified atom stereocenters. The molecule has 1 aromatic carbocycles. The van der Waals surface area contributed by atoms with Gasteiger partial charge in [-0.05, 0) is 25.5 Å². The molecule has 0 radical (unpaired) electrons. The van der Waals surface area contributed by atoms with Crippen molar-refractivity contribution in [3.05, 3.63) is 42.1 Å². The maximum atomic E-state index is 12.8. The number of carbonyl (C=O) groups excluding carboxylic acids is 1. The van der Waals surface area contributed by atoms with Crippen LogP contribution in [0.3, 0.4) is 0 Å². The van der Waals surface area contributed by atoms with Gasteiger partial charge in [0, 0.05) is 24.4 Å².